The van der Waals surface area contributed by atoms with Crippen LogP contribution in [-0.2, 0) is 0 Å². The number of hydrogen-bond acceptors (Lipinski definition) is 3. The van der Waals surface area contributed by atoms with E-state index >= 15 is 0 Å². The second kappa shape index (κ2) is 7.53. The Labute approximate surface area is 146 Å². The van der Waals surface area contributed by atoms with Gasteiger partial charge in [0.05, 0.1) is 6.04 Å². The minimum absolute atomic E-state index is 0.0577. The Kier molecular flexibility index (Phi) is 5.00. The SMILES string of the molecule is C[C@H](NC(=O)c1ccc(C(=O)c2ccccc2)cc1)c1ccncc1. The van der Waals surface area contributed by atoms with Crippen LogP contribution in [0, 0.1) is 0 Å². The Morgan fingerprint density at radius 1 is 0.800 bits per heavy atom. The Hall–Kier alpha value is -3.27. The number of nitrogens with zero attached hydrogens (tertiary/aromatic N) is 1. The largest absolute Gasteiger partial charge is 0.346 e. The maximum Gasteiger partial charge on any atom is 0.251 e. The number of carbonyl (C=O) groups excluding carboxylic acids is 2. The van der Waals surface area contributed by atoms with Crippen LogP contribution in [0.5, 0.6) is 0 Å². The van der Waals surface area contributed by atoms with E-state index in [1.165, 1.54) is 0 Å². The fourth-order valence-corrected chi connectivity index (χ4v) is 2.54. The van der Waals surface area contributed by atoms with Crippen molar-refractivity contribution in [1.29, 1.82) is 0 Å². The second-order valence-electron chi connectivity index (χ2n) is 5.75. The monoisotopic (exact) mass is 330 g/mol. The van der Waals surface area contributed by atoms with Crippen molar-refractivity contribution in [3.05, 3.63) is 101 Å². The maximum absolute atomic E-state index is 12.4. The molecule has 124 valence electrons. The second-order valence-corrected chi connectivity index (χ2v) is 5.75. The third-order valence-corrected chi connectivity index (χ3v) is 4.00. The Balaban J connectivity index is 1.70. The topological polar surface area (TPSA) is 59.1 Å². The molecule has 0 aliphatic rings. The molecule has 0 saturated carbocycles. The first-order chi connectivity index (χ1) is 12.1. The number of nitrogens with one attached hydrogen (secondary N) is 1. The standard InChI is InChI=1S/C21H18N2O2/c1-15(16-11-13-22-14-12-16)23-21(25)19-9-7-18(8-10-19)20(24)17-5-3-2-4-6-17/h2-15H,1H3,(H,23,25)/t15-/m0/s1. The molecule has 3 aromatic rings. The normalized spacial score (nSPS) is 11.6. The van der Waals surface area contributed by atoms with E-state index in [4.69, 9.17) is 0 Å². The van der Waals surface area contributed by atoms with Gasteiger partial charge in [-0.3, -0.25) is 14.6 Å². The van der Waals surface area contributed by atoms with Crippen LogP contribution < -0.4 is 5.32 Å². The fourth-order valence-electron chi connectivity index (χ4n) is 2.54. The van der Waals surface area contributed by atoms with Gasteiger partial charge in [0.1, 0.15) is 0 Å². The van der Waals surface area contributed by atoms with Crippen LogP contribution in [0.25, 0.3) is 0 Å². The number of hydrogen-bond donors (Lipinski definition) is 1. The molecule has 0 saturated heterocycles. The summed E-state index contributed by atoms with van der Waals surface area (Å²) in [6.07, 6.45) is 3.39. The van der Waals surface area contributed by atoms with E-state index in [9.17, 15) is 9.59 Å². The van der Waals surface area contributed by atoms with Gasteiger partial charge in [-0.15, -0.1) is 0 Å². The van der Waals surface area contributed by atoms with Gasteiger partial charge in [0.15, 0.2) is 5.78 Å². The summed E-state index contributed by atoms with van der Waals surface area (Å²) in [5, 5.41) is 2.94. The summed E-state index contributed by atoms with van der Waals surface area (Å²) in [5.41, 5.74) is 2.70. The van der Waals surface area contributed by atoms with Crippen molar-refractivity contribution in [2.45, 2.75) is 13.0 Å². The van der Waals surface area contributed by atoms with Gasteiger partial charge in [-0.05, 0) is 36.8 Å². The number of carbonyl (C=O) groups is 2. The van der Waals surface area contributed by atoms with Gasteiger partial charge in [0, 0.05) is 29.1 Å². The van der Waals surface area contributed by atoms with Gasteiger partial charge in [0.25, 0.3) is 5.91 Å². The average molecular weight is 330 g/mol. The van der Waals surface area contributed by atoms with E-state index in [2.05, 4.69) is 10.3 Å². The van der Waals surface area contributed by atoms with Gasteiger partial charge < -0.3 is 5.32 Å². The summed E-state index contributed by atoms with van der Waals surface area (Å²) in [6.45, 7) is 1.92. The number of pyridine rings is 1. The quantitative estimate of drug-likeness (QED) is 0.724. The third kappa shape index (κ3) is 3.98. The minimum atomic E-state index is -0.178. The van der Waals surface area contributed by atoms with E-state index in [0.717, 1.165) is 5.56 Å². The molecule has 1 atom stereocenters. The van der Waals surface area contributed by atoms with Gasteiger partial charge in [-0.1, -0.05) is 42.5 Å². The van der Waals surface area contributed by atoms with E-state index in [1.807, 2.05) is 37.3 Å². The fraction of sp³-hybridized carbons (Fsp3) is 0.0952. The van der Waals surface area contributed by atoms with Gasteiger partial charge in [-0.25, -0.2) is 0 Å². The lowest BCUT2D eigenvalue weighted by Crippen LogP contribution is -2.26. The molecule has 1 N–H and O–H groups in total. The summed E-state index contributed by atoms with van der Waals surface area (Å²) < 4.78 is 0. The molecule has 0 radical (unpaired) electrons. The summed E-state index contributed by atoms with van der Waals surface area (Å²) in [6, 6.07) is 19.4. The van der Waals surface area contributed by atoms with E-state index in [-0.39, 0.29) is 17.7 Å². The molecule has 0 fully saturated rings. The zero-order chi connectivity index (χ0) is 17.6. The molecule has 1 aromatic heterocycles. The molecule has 25 heavy (non-hydrogen) atoms. The van der Waals surface area contributed by atoms with Crippen molar-refractivity contribution in [1.82, 2.24) is 10.3 Å². The van der Waals surface area contributed by atoms with Crippen LogP contribution in [0.4, 0.5) is 0 Å². The predicted octanol–water partition coefficient (Wildman–Crippen LogP) is 3.80. The van der Waals surface area contributed by atoms with Crippen LogP contribution in [0.2, 0.25) is 0 Å². The summed E-state index contributed by atoms with van der Waals surface area (Å²) in [4.78, 5) is 28.7. The molecule has 0 aliphatic carbocycles. The zero-order valence-corrected chi connectivity index (χ0v) is 13.8. The molecule has 4 heteroatoms. The van der Waals surface area contributed by atoms with Crippen molar-refractivity contribution in [2.24, 2.45) is 0 Å². The van der Waals surface area contributed by atoms with Gasteiger partial charge >= 0.3 is 0 Å². The van der Waals surface area contributed by atoms with Gasteiger partial charge in [0.2, 0.25) is 0 Å². The van der Waals surface area contributed by atoms with Crippen molar-refractivity contribution in [3.63, 3.8) is 0 Å². The maximum atomic E-state index is 12.4. The van der Waals surface area contributed by atoms with Crippen LogP contribution in [0.1, 0.15) is 44.8 Å². The molecule has 4 nitrogen and oxygen atoms in total. The molecule has 2 aromatic carbocycles. The lowest BCUT2D eigenvalue weighted by Gasteiger charge is -2.14. The van der Waals surface area contributed by atoms with Crippen LogP contribution in [-0.4, -0.2) is 16.7 Å². The van der Waals surface area contributed by atoms with Crippen molar-refractivity contribution in [2.75, 3.05) is 0 Å². The Bertz CT molecular complexity index is 859. The Morgan fingerprint density at radius 2 is 1.36 bits per heavy atom. The molecule has 0 aliphatic heterocycles. The van der Waals surface area contributed by atoms with Crippen LogP contribution in [0.15, 0.2) is 79.1 Å². The predicted molar refractivity (Wildman–Crippen MR) is 96.4 cm³/mol. The third-order valence-electron chi connectivity index (χ3n) is 4.00. The van der Waals surface area contributed by atoms with E-state index in [1.54, 1.807) is 48.8 Å². The summed E-state index contributed by atoms with van der Waals surface area (Å²) >= 11 is 0. The Morgan fingerprint density at radius 3 is 2.00 bits per heavy atom. The minimum Gasteiger partial charge on any atom is -0.346 e. The molecule has 3 rings (SSSR count). The van der Waals surface area contributed by atoms with Crippen LogP contribution in [0.3, 0.4) is 0 Å². The van der Waals surface area contributed by atoms with Crippen molar-refractivity contribution < 1.29 is 9.59 Å². The summed E-state index contributed by atoms with van der Waals surface area (Å²) in [5.74, 6) is -0.235. The first-order valence-electron chi connectivity index (χ1n) is 8.06. The van der Waals surface area contributed by atoms with Crippen molar-refractivity contribution in [3.8, 4) is 0 Å². The van der Waals surface area contributed by atoms with Crippen molar-refractivity contribution >= 4 is 11.7 Å². The van der Waals surface area contributed by atoms with E-state index in [0.29, 0.717) is 16.7 Å². The number of benzene rings is 2. The lowest BCUT2D eigenvalue weighted by atomic mass is 10.0. The summed E-state index contributed by atoms with van der Waals surface area (Å²) in [7, 11) is 0. The molecular formula is C21H18N2O2. The van der Waals surface area contributed by atoms with E-state index < -0.39 is 0 Å². The first-order valence-corrected chi connectivity index (χ1v) is 8.06. The number of amides is 1. The highest BCUT2D eigenvalue weighted by Gasteiger charge is 2.13. The number of ketones is 1. The highest BCUT2D eigenvalue weighted by Crippen LogP contribution is 2.14. The molecule has 0 bridgehead atoms. The number of rotatable bonds is 5. The molecule has 0 unspecified atom stereocenters. The molecular weight excluding hydrogens is 312 g/mol. The molecule has 1 heterocycles. The van der Waals surface area contributed by atoms with Crippen LogP contribution >= 0.6 is 0 Å². The highest BCUT2D eigenvalue weighted by molar-refractivity contribution is 6.09. The zero-order valence-electron chi connectivity index (χ0n) is 13.8. The van der Waals surface area contributed by atoms with Gasteiger partial charge in [-0.2, -0.15) is 0 Å². The number of aromatic nitrogens is 1. The molecule has 1 amide bonds. The lowest BCUT2D eigenvalue weighted by molar-refractivity contribution is 0.0938. The first kappa shape index (κ1) is 16.6. The average Bonchev–Trinajstić information content (AvgIpc) is 2.69. The molecule has 0 spiro atoms. The smallest absolute Gasteiger partial charge is 0.251 e. The highest BCUT2D eigenvalue weighted by atomic mass is 16.1.